The maximum atomic E-state index is 12.4. The third-order valence-electron chi connectivity index (χ3n) is 4.58. The summed E-state index contributed by atoms with van der Waals surface area (Å²) in [7, 11) is 0. The normalized spacial score (nSPS) is 11.0. The van der Waals surface area contributed by atoms with Gasteiger partial charge in [-0.15, -0.1) is 21.5 Å². The van der Waals surface area contributed by atoms with Gasteiger partial charge in [-0.25, -0.2) is 4.98 Å². The number of nitrogens with zero attached hydrogens (tertiary/aromatic N) is 5. The summed E-state index contributed by atoms with van der Waals surface area (Å²) in [6, 6.07) is 21.4. The van der Waals surface area contributed by atoms with Gasteiger partial charge < -0.3 is 4.74 Å². The number of benzene rings is 2. The molecule has 0 amide bonds. The van der Waals surface area contributed by atoms with Crippen LogP contribution in [0.25, 0.3) is 27.3 Å². The van der Waals surface area contributed by atoms with Crippen LogP contribution in [0.5, 0.6) is 0 Å². The molecule has 0 spiro atoms. The third kappa shape index (κ3) is 4.39. The number of thioether (sulfide) groups is 1. The van der Waals surface area contributed by atoms with E-state index in [0.717, 1.165) is 26.5 Å². The second-order valence-electron chi connectivity index (χ2n) is 6.74. The van der Waals surface area contributed by atoms with Crippen LogP contribution in [0.3, 0.4) is 0 Å². The number of aromatic nitrogens is 5. The van der Waals surface area contributed by atoms with Crippen LogP contribution in [0.2, 0.25) is 0 Å². The first kappa shape index (κ1) is 20.3. The van der Waals surface area contributed by atoms with E-state index in [2.05, 4.69) is 20.2 Å². The number of ether oxygens (including phenoxy) is 1. The fourth-order valence-corrected chi connectivity index (χ4v) is 4.77. The first-order valence-electron chi connectivity index (χ1n) is 9.82. The third-order valence-corrected chi connectivity index (χ3v) is 6.49. The Morgan fingerprint density at radius 2 is 1.84 bits per heavy atom. The van der Waals surface area contributed by atoms with Crippen LogP contribution < -0.4 is 0 Å². The molecule has 0 atom stereocenters. The summed E-state index contributed by atoms with van der Waals surface area (Å²) in [6.07, 6.45) is 3.45. The maximum Gasteiger partial charge on any atom is 0.316 e. The number of pyridine rings is 1. The zero-order valence-electron chi connectivity index (χ0n) is 16.8. The lowest BCUT2D eigenvalue weighted by molar-refractivity contribution is -0.141. The van der Waals surface area contributed by atoms with E-state index in [1.807, 2.05) is 71.3 Å². The van der Waals surface area contributed by atoms with Crippen molar-refractivity contribution >= 4 is 39.3 Å². The minimum absolute atomic E-state index is 0.114. The van der Waals surface area contributed by atoms with Crippen LogP contribution >= 0.6 is 23.1 Å². The second kappa shape index (κ2) is 9.29. The maximum absolute atomic E-state index is 12.4. The summed E-state index contributed by atoms with van der Waals surface area (Å²) < 4.78 is 8.43. The van der Waals surface area contributed by atoms with Crippen molar-refractivity contribution in [1.82, 2.24) is 24.7 Å². The predicted molar refractivity (Wildman–Crippen MR) is 125 cm³/mol. The second-order valence-corrected chi connectivity index (χ2v) is 8.80. The Hall–Kier alpha value is -3.56. The number of carbonyl (C=O) groups is 1. The summed E-state index contributed by atoms with van der Waals surface area (Å²) in [5, 5.41) is 10.0. The Morgan fingerprint density at radius 3 is 2.66 bits per heavy atom. The van der Waals surface area contributed by atoms with Crippen LogP contribution in [-0.2, 0) is 16.1 Å². The molecule has 3 heterocycles. The van der Waals surface area contributed by atoms with E-state index in [4.69, 9.17) is 4.74 Å². The highest BCUT2D eigenvalue weighted by Gasteiger charge is 2.18. The van der Waals surface area contributed by atoms with Gasteiger partial charge in [0.25, 0.3) is 0 Å². The van der Waals surface area contributed by atoms with Crippen LogP contribution in [0.1, 0.15) is 5.01 Å². The van der Waals surface area contributed by atoms with Crippen molar-refractivity contribution in [3.05, 3.63) is 84.1 Å². The molecule has 0 aliphatic heterocycles. The van der Waals surface area contributed by atoms with Crippen LogP contribution in [-0.4, -0.2) is 36.5 Å². The van der Waals surface area contributed by atoms with Crippen molar-refractivity contribution in [3.8, 4) is 17.1 Å². The van der Waals surface area contributed by atoms with E-state index in [0.29, 0.717) is 11.0 Å². The van der Waals surface area contributed by atoms with Crippen molar-refractivity contribution in [2.24, 2.45) is 0 Å². The van der Waals surface area contributed by atoms with E-state index in [1.165, 1.54) is 23.1 Å². The van der Waals surface area contributed by atoms with Crippen molar-refractivity contribution in [3.63, 3.8) is 0 Å². The fraction of sp³-hybridized carbons (Fsp3) is 0.0870. The van der Waals surface area contributed by atoms with Gasteiger partial charge in [-0.1, -0.05) is 42.1 Å². The molecule has 0 N–H and O–H groups in total. The summed E-state index contributed by atoms with van der Waals surface area (Å²) in [5.41, 5.74) is 2.66. The number of hydrogen-bond acceptors (Lipinski definition) is 8. The quantitative estimate of drug-likeness (QED) is 0.256. The summed E-state index contributed by atoms with van der Waals surface area (Å²) in [6.45, 7) is 0.158. The van der Waals surface area contributed by atoms with Crippen molar-refractivity contribution < 1.29 is 9.53 Å². The minimum atomic E-state index is -0.334. The Morgan fingerprint density at radius 1 is 1.00 bits per heavy atom. The molecule has 0 saturated heterocycles. The molecule has 2 aromatic carbocycles. The molecule has 0 unspecified atom stereocenters. The van der Waals surface area contributed by atoms with Gasteiger partial charge in [0.05, 0.1) is 16.0 Å². The standard InChI is InChI=1S/C23H17N5O2S2/c29-21(30-14-20-25-18-10-4-5-11-19(18)32-20)15-31-23-27-26-22(16-7-6-12-24-13-16)28(23)17-8-2-1-3-9-17/h1-13H,14-15H2. The lowest BCUT2D eigenvalue weighted by Gasteiger charge is -2.10. The highest BCUT2D eigenvalue weighted by atomic mass is 32.2. The van der Waals surface area contributed by atoms with Gasteiger partial charge >= 0.3 is 5.97 Å². The molecule has 0 saturated carbocycles. The number of fused-ring (bicyclic) bond motifs is 1. The number of thiazole rings is 1. The molecule has 5 aromatic rings. The number of esters is 1. The number of para-hydroxylation sites is 2. The molecule has 158 valence electrons. The fourth-order valence-electron chi connectivity index (χ4n) is 3.14. The van der Waals surface area contributed by atoms with Gasteiger partial charge in [-0.05, 0) is 36.4 Å². The Balaban J connectivity index is 1.30. The molecule has 7 nitrogen and oxygen atoms in total. The van der Waals surface area contributed by atoms with Crippen LogP contribution in [0.4, 0.5) is 0 Å². The van der Waals surface area contributed by atoms with Crippen molar-refractivity contribution in [1.29, 1.82) is 0 Å². The average molecular weight is 460 g/mol. The van der Waals surface area contributed by atoms with E-state index in [9.17, 15) is 4.79 Å². The van der Waals surface area contributed by atoms with Gasteiger partial charge in [-0.3, -0.25) is 14.3 Å². The van der Waals surface area contributed by atoms with Gasteiger partial charge in [0.15, 0.2) is 11.0 Å². The van der Waals surface area contributed by atoms with E-state index < -0.39 is 0 Å². The zero-order valence-corrected chi connectivity index (χ0v) is 18.4. The lowest BCUT2D eigenvalue weighted by atomic mass is 10.2. The molecular weight excluding hydrogens is 442 g/mol. The number of rotatable bonds is 7. The topological polar surface area (TPSA) is 82.8 Å². The Labute approximate surface area is 192 Å². The number of hydrogen-bond donors (Lipinski definition) is 0. The molecular formula is C23H17N5O2S2. The van der Waals surface area contributed by atoms with Gasteiger partial charge in [0.1, 0.15) is 11.6 Å². The summed E-state index contributed by atoms with van der Waals surface area (Å²) >= 11 is 2.81. The molecule has 3 aromatic heterocycles. The highest BCUT2D eigenvalue weighted by Crippen LogP contribution is 2.28. The van der Waals surface area contributed by atoms with E-state index in [1.54, 1.807) is 12.4 Å². The van der Waals surface area contributed by atoms with Gasteiger partial charge in [0, 0.05) is 23.6 Å². The monoisotopic (exact) mass is 459 g/mol. The predicted octanol–water partition coefficient (Wildman–Crippen LogP) is 4.77. The SMILES string of the molecule is O=C(CSc1nnc(-c2cccnc2)n1-c1ccccc1)OCc1nc2ccccc2s1. The molecule has 9 heteroatoms. The van der Waals surface area contributed by atoms with Gasteiger partial charge in [-0.2, -0.15) is 0 Å². The van der Waals surface area contributed by atoms with Crippen LogP contribution in [0, 0.1) is 0 Å². The molecule has 0 fully saturated rings. The van der Waals surface area contributed by atoms with E-state index >= 15 is 0 Å². The van der Waals surface area contributed by atoms with E-state index in [-0.39, 0.29) is 18.3 Å². The van der Waals surface area contributed by atoms with Crippen molar-refractivity contribution in [2.45, 2.75) is 11.8 Å². The average Bonchev–Trinajstić information content (AvgIpc) is 3.46. The molecule has 0 radical (unpaired) electrons. The molecule has 0 aliphatic rings. The molecule has 5 rings (SSSR count). The largest absolute Gasteiger partial charge is 0.458 e. The highest BCUT2D eigenvalue weighted by molar-refractivity contribution is 7.99. The molecule has 0 aliphatic carbocycles. The molecule has 32 heavy (non-hydrogen) atoms. The van der Waals surface area contributed by atoms with Crippen LogP contribution in [0.15, 0.2) is 84.3 Å². The summed E-state index contributed by atoms with van der Waals surface area (Å²) in [5.74, 6) is 0.442. The first-order chi connectivity index (χ1) is 15.8. The zero-order chi connectivity index (χ0) is 21.8. The van der Waals surface area contributed by atoms with Crippen molar-refractivity contribution in [2.75, 3.05) is 5.75 Å². The Kier molecular flexibility index (Phi) is 5.91. The number of carbonyl (C=O) groups excluding carboxylic acids is 1. The minimum Gasteiger partial charge on any atom is -0.458 e. The smallest absolute Gasteiger partial charge is 0.316 e. The van der Waals surface area contributed by atoms with Gasteiger partial charge in [0.2, 0.25) is 0 Å². The molecule has 0 bridgehead atoms. The summed E-state index contributed by atoms with van der Waals surface area (Å²) in [4.78, 5) is 21.1. The Bertz CT molecular complexity index is 1320. The lowest BCUT2D eigenvalue weighted by Crippen LogP contribution is -2.08. The first-order valence-corrected chi connectivity index (χ1v) is 11.6.